The van der Waals surface area contributed by atoms with Gasteiger partial charge in [0.1, 0.15) is 5.52 Å². The molecule has 90 valence electrons. The lowest BCUT2D eigenvalue weighted by Gasteiger charge is -2.11. The number of anilines is 1. The molecule has 1 aromatic heterocycles. The Morgan fingerprint density at radius 3 is 2.44 bits per heavy atom. The molecule has 18 heavy (non-hydrogen) atoms. The summed E-state index contributed by atoms with van der Waals surface area (Å²) in [6.07, 6.45) is 0. The standard InChI is InChI=1S/C15H14N2O/c1-17(2)12-9-6-10-13-14(12)16-15(18-13)11-7-4-3-5-8-11/h3-10H,1-2H3. The van der Waals surface area contributed by atoms with Crippen molar-refractivity contribution in [1.82, 2.24) is 4.98 Å². The van der Waals surface area contributed by atoms with Gasteiger partial charge in [-0.2, -0.15) is 0 Å². The van der Waals surface area contributed by atoms with E-state index in [0.29, 0.717) is 5.89 Å². The van der Waals surface area contributed by atoms with E-state index < -0.39 is 0 Å². The molecule has 0 aliphatic heterocycles. The normalized spacial score (nSPS) is 10.8. The summed E-state index contributed by atoms with van der Waals surface area (Å²) in [5.41, 5.74) is 3.79. The number of nitrogens with zero attached hydrogens (tertiary/aromatic N) is 2. The van der Waals surface area contributed by atoms with Gasteiger partial charge in [0.15, 0.2) is 5.58 Å². The van der Waals surface area contributed by atoms with Crippen LogP contribution in [0.4, 0.5) is 5.69 Å². The quantitative estimate of drug-likeness (QED) is 0.683. The first-order chi connectivity index (χ1) is 8.75. The molecule has 0 spiro atoms. The van der Waals surface area contributed by atoms with Gasteiger partial charge in [0.05, 0.1) is 5.69 Å². The van der Waals surface area contributed by atoms with E-state index in [1.165, 1.54) is 0 Å². The van der Waals surface area contributed by atoms with Crippen LogP contribution in [-0.4, -0.2) is 19.1 Å². The summed E-state index contributed by atoms with van der Waals surface area (Å²) in [7, 11) is 4.01. The second-order valence-corrected chi connectivity index (χ2v) is 4.40. The van der Waals surface area contributed by atoms with E-state index in [0.717, 1.165) is 22.4 Å². The van der Waals surface area contributed by atoms with E-state index in [-0.39, 0.29) is 0 Å². The molecule has 0 saturated carbocycles. The van der Waals surface area contributed by atoms with Gasteiger partial charge in [0.2, 0.25) is 5.89 Å². The third-order valence-electron chi connectivity index (χ3n) is 2.90. The van der Waals surface area contributed by atoms with Crippen LogP contribution in [-0.2, 0) is 0 Å². The lowest BCUT2D eigenvalue weighted by atomic mass is 10.2. The molecule has 0 saturated heterocycles. The van der Waals surface area contributed by atoms with Crippen LogP contribution in [0.15, 0.2) is 52.9 Å². The van der Waals surface area contributed by atoms with Gasteiger partial charge in [-0.05, 0) is 24.3 Å². The molecule has 1 heterocycles. The monoisotopic (exact) mass is 238 g/mol. The molecule has 0 fully saturated rings. The predicted octanol–water partition coefficient (Wildman–Crippen LogP) is 3.56. The molecule has 0 N–H and O–H groups in total. The van der Waals surface area contributed by atoms with Crippen molar-refractivity contribution in [3.8, 4) is 11.5 Å². The highest BCUT2D eigenvalue weighted by Crippen LogP contribution is 2.29. The molecular formula is C15H14N2O. The number of oxazole rings is 1. The summed E-state index contributed by atoms with van der Waals surface area (Å²) < 4.78 is 5.81. The summed E-state index contributed by atoms with van der Waals surface area (Å²) in [4.78, 5) is 6.64. The Kier molecular flexibility index (Phi) is 2.52. The van der Waals surface area contributed by atoms with E-state index in [4.69, 9.17) is 4.42 Å². The minimum atomic E-state index is 0.667. The van der Waals surface area contributed by atoms with Crippen LogP contribution in [0.1, 0.15) is 0 Å². The average Bonchev–Trinajstić information content (AvgIpc) is 2.83. The van der Waals surface area contributed by atoms with Crippen LogP contribution < -0.4 is 4.90 Å². The fraction of sp³-hybridized carbons (Fsp3) is 0.133. The smallest absolute Gasteiger partial charge is 0.227 e. The largest absolute Gasteiger partial charge is 0.436 e. The second-order valence-electron chi connectivity index (χ2n) is 4.40. The van der Waals surface area contributed by atoms with Crippen LogP contribution >= 0.6 is 0 Å². The van der Waals surface area contributed by atoms with Crippen molar-refractivity contribution in [2.24, 2.45) is 0 Å². The van der Waals surface area contributed by atoms with Crippen molar-refractivity contribution in [3.63, 3.8) is 0 Å². The van der Waals surface area contributed by atoms with Crippen molar-refractivity contribution in [2.45, 2.75) is 0 Å². The van der Waals surface area contributed by atoms with Gasteiger partial charge in [0, 0.05) is 19.7 Å². The Hall–Kier alpha value is -2.29. The van der Waals surface area contributed by atoms with Crippen LogP contribution in [0.25, 0.3) is 22.6 Å². The zero-order valence-electron chi connectivity index (χ0n) is 10.4. The summed E-state index contributed by atoms with van der Waals surface area (Å²) in [6, 6.07) is 15.9. The maximum atomic E-state index is 5.81. The molecule has 3 rings (SSSR count). The number of fused-ring (bicyclic) bond motifs is 1. The van der Waals surface area contributed by atoms with Crippen LogP contribution in [0, 0.1) is 0 Å². The summed E-state index contributed by atoms with van der Waals surface area (Å²) in [6.45, 7) is 0. The van der Waals surface area contributed by atoms with Gasteiger partial charge in [0.25, 0.3) is 0 Å². The SMILES string of the molecule is CN(C)c1cccc2oc(-c3ccccc3)nc12. The Morgan fingerprint density at radius 2 is 1.72 bits per heavy atom. The predicted molar refractivity (Wildman–Crippen MR) is 73.8 cm³/mol. The lowest BCUT2D eigenvalue weighted by molar-refractivity contribution is 0.620. The molecule has 0 radical (unpaired) electrons. The number of hydrogen-bond acceptors (Lipinski definition) is 3. The van der Waals surface area contributed by atoms with E-state index in [9.17, 15) is 0 Å². The zero-order chi connectivity index (χ0) is 12.5. The van der Waals surface area contributed by atoms with Crippen molar-refractivity contribution < 1.29 is 4.42 Å². The molecule has 3 nitrogen and oxygen atoms in total. The minimum absolute atomic E-state index is 0.667. The highest BCUT2D eigenvalue weighted by atomic mass is 16.3. The number of aromatic nitrogens is 1. The Bertz CT molecular complexity index is 671. The van der Waals surface area contributed by atoms with Gasteiger partial charge in [-0.25, -0.2) is 4.98 Å². The summed E-state index contributed by atoms with van der Waals surface area (Å²) in [5.74, 6) is 0.667. The summed E-state index contributed by atoms with van der Waals surface area (Å²) >= 11 is 0. The Labute approximate surface area is 106 Å². The number of hydrogen-bond donors (Lipinski definition) is 0. The van der Waals surface area contributed by atoms with Crippen molar-refractivity contribution in [2.75, 3.05) is 19.0 Å². The van der Waals surface area contributed by atoms with Gasteiger partial charge in [-0.1, -0.05) is 24.3 Å². The van der Waals surface area contributed by atoms with Gasteiger partial charge in [-0.3, -0.25) is 0 Å². The molecule has 0 aliphatic carbocycles. The van der Waals surface area contributed by atoms with Gasteiger partial charge < -0.3 is 9.32 Å². The molecule has 0 unspecified atom stereocenters. The Morgan fingerprint density at radius 1 is 0.944 bits per heavy atom. The molecule has 2 aromatic carbocycles. The fourth-order valence-electron chi connectivity index (χ4n) is 2.00. The molecule has 0 aliphatic rings. The second kappa shape index (κ2) is 4.18. The fourth-order valence-corrected chi connectivity index (χ4v) is 2.00. The minimum Gasteiger partial charge on any atom is -0.436 e. The zero-order valence-corrected chi connectivity index (χ0v) is 10.4. The van der Waals surface area contributed by atoms with Gasteiger partial charge >= 0.3 is 0 Å². The van der Waals surface area contributed by atoms with Crippen molar-refractivity contribution >= 4 is 16.8 Å². The number of para-hydroxylation sites is 1. The van der Waals surface area contributed by atoms with E-state index >= 15 is 0 Å². The van der Waals surface area contributed by atoms with Gasteiger partial charge in [-0.15, -0.1) is 0 Å². The van der Waals surface area contributed by atoms with E-state index in [1.54, 1.807) is 0 Å². The first-order valence-corrected chi connectivity index (χ1v) is 5.88. The molecule has 0 bridgehead atoms. The lowest BCUT2D eigenvalue weighted by Crippen LogP contribution is -2.08. The number of benzene rings is 2. The van der Waals surface area contributed by atoms with Crippen LogP contribution in [0.5, 0.6) is 0 Å². The first-order valence-electron chi connectivity index (χ1n) is 5.88. The molecule has 3 heteroatoms. The van der Waals surface area contributed by atoms with Crippen LogP contribution in [0.2, 0.25) is 0 Å². The highest BCUT2D eigenvalue weighted by molar-refractivity contribution is 5.88. The summed E-state index contributed by atoms with van der Waals surface area (Å²) in [5, 5.41) is 0. The van der Waals surface area contributed by atoms with E-state index in [2.05, 4.69) is 4.98 Å². The average molecular weight is 238 g/mol. The molecular weight excluding hydrogens is 224 g/mol. The maximum Gasteiger partial charge on any atom is 0.227 e. The van der Waals surface area contributed by atoms with E-state index in [1.807, 2.05) is 67.5 Å². The highest BCUT2D eigenvalue weighted by Gasteiger charge is 2.11. The van der Waals surface area contributed by atoms with Crippen molar-refractivity contribution in [1.29, 1.82) is 0 Å². The maximum absolute atomic E-state index is 5.81. The van der Waals surface area contributed by atoms with Crippen LogP contribution in [0.3, 0.4) is 0 Å². The molecule has 3 aromatic rings. The topological polar surface area (TPSA) is 29.3 Å². The Balaban J connectivity index is 2.20. The first kappa shape index (κ1) is 10.8. The third-order valence-corrected chi connectivity index (χ3v) is 2.90. The molecule has 0 amide bonds. The molecule has 0 atom stereocenters. The van der Waals surface area contributed by atoms with Crippen molar-refractivity contribution in [3.05, 3.63) is 48.5 Å². The number of rotatable bonds is 2. The third kappa shape index (κ3) is 1.74.